The van der Waals surface area contributed by atoms with Crippen LogP contribution in [0.1, 0.15) is 25.3 Å². The summed E-state index contributed by atoms with van der Waals surface area (Å²) >= 11 is 0. The second-order valence-electron chi connectivity index (χ2n) is 5.58. The van der Waals surface area contributed by atoms with Crippen LogP contribution >= 0.6 is 0 Å². The molecule has 23 heavy (non-hydrogen) atoms. The largest absolute Gasteiger partial charge is 0.497 e. The molecule has 0 bridgehead atoms. The number of rotatable bonds is 6. The minimum Gasteiger partial charge on any atom is -0.497 e. The minimum absolute atomic E-state index is 0.0235. The lowest BCUT2D eigenvalue weighted by atomic mass is 9.97. The zero-order chi connectivity index (χ0) is 16.8. The second-order valence-corrected chi connectivity index (χ2v) is 5.58. The number of esters is 1. The molecule has 0 aromatic heterocycles. The molecule has 1 aliphatic heterocycles. The molecular weight excluding hydrogens is 298 g/mol. The van der Waals surface area contributed by atoms with Crippen LogP contribution in [0.3, 0.4) is 0 Å². The normalized spacial score (nSPS) is 17.8. The van der Waals surface area contributed by atoms with Crippen molar-refractivity contribution in [2.75, 3.05) is 27.4 Å². The maximum Gasteiger partial charge on any atom is 0.302 e. The third-order valence-corrected chi connectivity index (χ3v) is 3.98. The molecule has 0 saturated carbocycles. The van der Waals surface area contributed by atoms with Crippen molar-refractivity contribution in [1.29, 1.82) is 0 Å². The van der Waals surface area contributed by atoms with Crippen molar-refractivity contribution in [3.8, 4) is 11.5 Å². The Morgan fingerprint density at radius 3 is 2.74 bits per heavy atom. The molecule has 1 aromatic rings. The van der Waals surface area contributed by atoms with Crippen LogP contribution in [-0.4, -0.2) is 44.1 Å². The molecule has 1 aliphatic rings. The van der Waals surface area contributed by atoms with Gasteiger partial charge in [-0.1, -0.05) is 0 Å². The average molecular weight is 321 g/mol. The van der Waals surface area contributed by atoms with Gasteiger partial charge >= 0.3 is 5.97 Å². The summed E-state index contributed by atoms with van der Waals surface area (Å²) in [4.78, 5) is 25.3. The number of carbonyl (C=O) groups is 2. The Balaban J connectivity index is 2.07. The number of benzene rings is 1. The molecule has 1 fully saturated rings. The summed E-state index contributed by atoms with van der Waals surface area (Å²) in [5.41, 5.74) is 0.926. The number of carbonyl (C=O) groups excluding carboxylic acids is 2. The van der Waals surface area contributed by atoms with Gasteiger partial charge in [0.15, 0.2) is 0 Å². The van der Waals surface area contributed by atoms with E-state index >= 15 is 0 Å². The van der Waals surface area contributed by atoms with Crippen molar-refractivity contribution >= 4 is 11.9 Å². The van der Waals surface area contributed by atoms with Gasteiger partial charge in [0.25, 0.3) is 0 Å². The molecule has 1 atom stereocenters. The zero-order valence-electron chi connectivity index (χ0n) is 13.8. The fourth-order valence-electron chi connectivity index (χ4n) is 2.74. The fourth-order valence-corrected chi connectivity index (χ4v) is 2.74. The van der Waals surface area contributed by atoms with Crippen LogP contribution in [0, 0.1) is 5.92 Å². The highest BCUT2D eigenvalue weighted by atomic mass is 16.5. The van der Waals surface area contributed by atoms with E-state index in [1.165, 1.54) is 6.92 Å². The van der Waals surface area contributed by atoms with E-state index in [1.807, 2.05) is 12.1 Å². The average Bonchev–Trinajstić information content (AvgIpc) is 2.55. The molecule has 0 radical (unpaired) electrons. The zero-order valence-corrected chi connectivity index (χ0v) is 13.8. The van der Waals surface area contributed by atoms with Crippen LogP contribution in [0.2, 0.25) is 0 Å². The Hall–Kier alpha value is -2.24. The Kier molecular flexibility index (Phi) is 5.84. The number of amides is 1. The molecule has 1 saturated heterocycles. The van der Waals surface area contributed by atoms with Crippen LogP contribution in [0.5, 0.6) is 11.5 Å². The van der Waals surface area contributed by atoms with Gasteiger partial charge in [-0.05, 0) is 25.0 Å². The highest BCUT2D eigenvalue weighted by Crippen LogP contribution is 2.28. The first kappa shape index (κ1) is 17.1. The predicted octanol–water partition coefficient (Wildman–Crippen LogP) is 2.01. The predicted molar refractivity (Wildman–Crippen MR) is 84.3 cm³/mol. The van der Waals surface area contributed by atoms with Gasteiger partial charge in [-0.15, -0.1) is 0 Å². The number of hydrogen-bond donors (Lipinski definition) is 0. The first-order valence-corrected chi connectivity index (χ1v) is 7.68. The van der Waals surface area contributed by atoms with Gasteiger partial charge in [0.1, 0.15) is 18.1 Å². The van der Waals surface area contributed by atoms with Crippen molar-refractivity contribution in [2.45, 2.75) is 26.3 Å². The van der Waals surface area contributed by atoms with Crippen LogP contribution in [0.15, 0.2) is 18.2 Å². The van der Waals surface area contributed by atoms with Crippen LogP contribution in [0.25, 0.3) is 0 Å². The van der Waals surface area contributed by atoms with E-state index in [2.05, 4.69) is 0 Å². The van der Waals surface area contributed by atoms with E-state index in [4.69, 9.17) is 14.2 Å². The number of methoxy groups -OCH3 is 2. The summed E-state index contributed by atoms with van der Waals surface area (Å²) in [6.07, 6.45) is 1.65. The Bertz CT molecular complexity index is 572. The van der Waals surface area contributed by atoms with E-state index < -0.39 is 0 Å². The van der Waals surface area contributed by atoms with Crippen LogP contribution in [-0.2, 0) is 20.9 Å². The lowest BCUT2D eigenvalue weighted by molar-refractivity contribution is -0.148. The Labute approximate surface area is 136 Å². The third-order valence-electron chi connectivity index (χ3n) is 3.98. The molecule has 2 rings (SSSR count). The number of piperidine rings is 1. The molecule has 0 spiro atoms. The van der Waals surface area contributed by atoms with Crippen molar-refractivity contribution in [3.63, 3.8) is 0 Å². The first-order valence-electron chi connectivity index (χ1n) is 7.68. The van der Waals surface area contributed by atoms with E-state index in [0.717, 1.165) is 18.4 Å². The standard InChI is InChI=1S/C17H23NO5/c1-12(19)23-11-14-5-4-8-18(17(14)20)10-13-6-7-15(21-2)9-16(13)22-3/h6-7,9,14H,4-5,8,10-11H2,1-3H3/t14-/m1/s1. The van der Waals surface area contributed by atoms with E-state index in [1.54, 1.807) is 25.2 Å². The SMILES string of the molecule is COc1ccc(CN2CCC[C@H](COC(C)=O)C2=O)c(OC)c1. The highest BCUT2D eigenvalue weighted by Gasteiger charge is 2.30. The topological polar surface area (TPSA) is 65.1 Å². The fraction of sp³-hybridized carbons (Fsp3) is 0.529. The third kappa shape index (κ3) is 4.37. The van der Waals surface area contributed by atoms with Gasteiger partial charge in [0, 0.05) is 31.6 Å². The van der Waals surface area contributed by atoms with Crippen molar-refractivity contribution in [3.05, 3.63) is 23.8 Å². The van der Waals surface area contributed by atoms with Gasteiger partial charge in [-0.2, -0.15) is 0 Å². The summed E-state index contributed by atoms with van der Waals surface area (Å²) in [5, 5.41) is 0. The summed E-state index contributed by atoms with van der Waals surface area (Å²) in [5.74, 6) is 0.821. The Morgan fingerprint density at radius 2 is 2.09 bits per heavy atom. The molecule has 6 heteroatoms. The van der Waals surface area contributed by atoms with Gasteiger partial charge in [-0.3, -0.25) is 9.59 Å². The molecule has 1 amide bonds. The van der Waals surface area contributed by atoms with Crippen molar-refractivity contribution < 1.29 is 23.8 Å². The van der Waals surface area contributed by atoms with Gasteiger partial charge in [0.05, 0.1) is 20.1 Å². The van der Waals surface area contributed by atoms with Crippen LogP contribution < -0.4 is 9.47 Å². The number of likely N-dealkylation sites (tertiary alicyclic amines) is 1. The minimum atomic E-state index is -0.355. The maximum absolute atomic E-state index is 12.5. The van der Waals surface area contributed by atoms with E-state index in [-0.39, 0.29) is 24.4 Å². The van der Waals surface area contributed by atoms with Crippen molar-refractivity contribution in [1.82, 2.24) is 4.90 Å². The first-order chi connectivity index (χ1) is 11.0. The molecule has 0 unspecified atom stereocenters. The lowest BCUT2D eigenvalue weighted by Crippen LogP contribution is -2.42. The van der Waals surface area contributed by atoms with Crippen LogP contribution in [0.4, 0.5) is 0 Å². The quantitative estimate of drug-likeness (QED) is 0.750. The van der Waals surface area contributed by atoms with Crippen molar-refractivity contribution in [2.24, 2.45) is 5.92 Å². The number of nitrogens with zero attached hydrogens (tertiary/aromatic N) is 1. The number of ether oxygens (including phenoxy) is 3. The monoisotopic (exact) mass is 321 g/mol. The smallest absolute Gasteiger partial charge is 0.302 e. The molecular formula is C17H23NO5. The second kappa shape index (κ2) is 7.85. The molecule has 6 nitrogen and oxygen atoms in total. The lowest BCUT2D eigenvalue weighted by Gasteiger charge is -2.32. The summed E-state index contributed by atoms with van der Waals surface area (Å²) in [6.45, 7) is 2.69. The molecule has 0 aliphatic carbocycles. The van der Waals surface area contributed by atoms with E-state index in [9.17, 15) is 9.59 Å². The maximum atomic E-state index is 12.5. The number of hydrogen-bond acceptors (Lipinski definition) is 5. The van der Waals surface area contributed by atoms with Gasteiger partial charge in [-0.25, -0.2) is 0 Å². The summed E-state index contributed by atoms with van der Waals surface area (Å²) in [6, 6.07) is 5.56. The molecule has 0 N–H and O–H groups in total. The highest BCUT2D eigenvalue weighted by molar-refractivity contribution is 5.80. The Morgan fingerprint density at radius 1 is 1.30 bits per heavy atom. The van der Waals surface area contributed by atoms with E-state index in [0.29, 0.717) is 24.6 Å². The molecule has 126 valence electrons. The summed E-state index contributed by atoms with van der Waals surface area (Å²) in [7, 11) is 3.20. The van der Waals surface area contributed by atoms with Gasteiger partial charge < -0.3 is 19.1 Å². The van der Waals surface area contributed by atoms with Gasteiger partial charge in [0.2, 0.25) is 5.91 Å². The summed E-state index contributed by atoms with van der Waals surface area (Å²) < 4.78 is 15.6. The molecule has 1 heterocycles. The molecule has 1 aromatic carbocycles.